The van der Waals surface area contributed by atoms with E-state index in [-0.39, 0.29) is 10.6 Å². The van der Waals surface area contributed by atoms with E-state index in [2.05, 4.69) is 0 Å². The molecular formula is C10H13NO3. The molecule has 0 spiro atoms. The van der Waals surface area contributed by atoms with Gasteiger partial charge in [-0.3, -0.25) is 10.1 Å². The summed E-state index contributed by atoms with van der Waals surface area (Å²) in [7, 11) is 1.57. The van der Waals surface area contributed by atoms with Crippen LogP contribution in [0.4, 0.5) is 5.69 Å². The van der Waals surface area contributed by atoms with Crippen molar-refractivity contribution >= 4 is 5.69 Å². The summed E-state index contributed by atoms with van der Waals surface area (Å²) in [5.41, 5.74) is 2.44. The SMILES string of the molecule is COc1c(C)cc([N+](=O)[O-])c(C)c1C. The van der Waals surface area contributed by atoms with Gasteiger partial charge in [-0.25, -0.2) is 0 Å². The fourth-order valence-electron chi connectivity index (χ4n) is 1.54. The Morgan fingerprint density at radius 1 is 1.29 bits per heavy atom. The normalized spacial score (nSPS) is 10.0. The number of methoxy groups -OCH3 is 1. The molecule has 0 saturated heterocycles. The highest BCUT2D eigenvalue weighted by molar-refractivity contribution is 5.55. The zero-order valence-corrected chi connectivity index (χ0v) is 8.75. The van der Waals surface area contributed by atoms with Gasteiger partial charge in [-0.15, -0.1) is 0 Å². The molecule has 0 amide bonds. The summed E-state index contributed by atoms with van der Waals surface area (Å²) in [6.07, 6.45) is 0. The van der Waals surface area contributed by atoms with Gasteiger partial charge in [0, 0.05) is 17.2 Å². The molecule has 0 unspecified atom stereocenters. The second-order valence-corrected chi connectivity index (χ2v) is 3.25. The monoisotopic (exact) mass is 195 g/mol. The Kier molecular flexibility index (Phi) is 2.74. The second-order valence-electron chi connectivity index (χ2n) is 3.25. The number of benzene rings is 1. The van der Waals surface area contributed by atoms with Crippen LogP contribution in [0.3, 0.4) is 0 Å². The fraction of sp³-hybridized carbons (Fsp3) is 0.400. The standard InChI is InChI=1S/C10H13NO3/c1-6-5-9(11(12)13)7(2)8(3)10(6)14-4/h5H,1-4H3. The first-order valence-electron chi connectivity index (χ1n) is 4.28. The molecule has 0 N–H and O–H groups in total. The minimum absolute atomic E-state index is 0.154. The Hall–Kier alpha value is -1.58. The van der Waals surface area contributed by atoms with Crippen LogP contribution in [0.5, 0.6) is 5.75 Å². The lowest BCUT2D eigenvalue weighted by atomic mass is 10.0. The largest absolute Gasteiger partial charge is 0.496 e. The first kappa shape index (κ1) is 10.5. The minimum Gasteiger partial charge on any atom is -0.496 e. The molecule has 0 fully saturated rings. The third kappa shape index (κ3) is 1.55. The lowest BCUT2D eigenvalue weighted by Crippen LogP contribution is -1.99. The zero-order chi connectivity index (χ0) is 10.9. The van der Waals surface area contributed by atoms with Gasteiger partial charge in [0.25, 0.3) is 5.69 Å². The summed E-state index contributed by atoms with van der Waals surface area (Å²) < 4.78 is 5.17. The van der Waals surface area contributed by atoms with Crippen molar-refractivity contribution in [2.75, 3.05) is 7.11 Å². The molecule has 14 heavy (non-hydrogen) atoms. The lowest BCUT2D eigenvalue weighted by molar-refractivity contribution is -0.385. The number of nitro groups is 1. The zero-order valence-electron chi connectivity index (χ0n) is 8.75. The van der Waals surface area contributed by atoms with Gasteiger partial charge in [0.1, 0.15) is 5.75 Å². The molecule has 1 rings (SSSR count). The molecule has 0 radical (unpaired) electrons. The number of ether oxygens (including phenoxy) is 1. The molecule has 4 heteroatoms. The van der Waals surface area contributed by atoms with Crippen LogP contribution in [0.25, 0.3) is 0 Å². The smallest absolute Gasteiger partial charge is 0.273 e. The Labute approximate surface area is 82.7 Å². The van der Waals surface area contributed by atoms with E-state index in [1.165, 1.54) is 0 Å². The van der Waals surface area contributed by atoms with Crippen molar-refractivity contribution in [2.24, 2.45) is 0 Å². The first-order chi connectivity index (χ1) is 6.49. The summed E-state index contributed by atoms with van der Waals surface area (Å²) in [5, 5.41) is 10.7. The van der Waals surface area contributed by atoms with Gasteiger partial charge in [0.15, 0.2) is 0 Å². The molecule has 0 heterocycles. The Bertz CT molecular complexity index is 385. The molecule has 4 nitrogen and oxygen atoms in total. The van der Waals surface area contributed by atoms with Crippen LogP contribution in [0, 0.1) is 30.9 Å². The van der Waals surface area contributed by atoms with Gasteiger partial charge in [-0.1, -0.05) is 0 Å². The minimum atomic E-state index is -0.366. The molecule has 0 bridgehead atoms. The molecular weight excluding hydrogens is 182 g/mol. The highest BCUT2D eigenvalue weighted by Gasteiger charge is 2.17. The van der Waals surface area contributed by atoms with Crippen molar-refractivity contribution in [3.63, 3.8) is 0 Å². The van der Waals surface area contributed by atoms with Gasteiger partial charge in [0.05, 0.1) is 12.0 Å². The second kappa shape index (κ2) is 3.65. The van der Waals surface area contributed by atoms with E-state index in [9.17, 15) is 10.1 Å². The van der Waals surface area contributed by atoms with Gasteiger partial charge in [-0.05, 0) is 26.3 Å². The number of nitro benzene ring substituents is 1. The van der Waals surface area contributed by atoms with Gasteiger partial charge >= 0.3 is 0 Å². The number of nitrogens with zero attached hydrogens (tertiary/aromatic N) is 1. The summed E-state index contributed by atoms with van der Waals surface area (Å²) in [5.74, 6) is 0.730. The molecule has 0 aromatic heterocycles. The number of aryl methyl sites for hydroxylation is 1. The van der Waals surface area contributed by atoms with E-state index in [0.717, 1.165) is 16.9 Å². The number of rotatable bonds is 2. The molecule has 0 atom stereocenters. The summed E-state index contributed by atoms with van der Waals surface area (Å²) in [4.78, 5) is 10.3. The highest BCUT2D eigenvalue weighted by atomic mass is 16.6. The van der Waals surface area contributed by atoms with Crippen LogP contribution >= 0.6 is 0 Å². The Morgan fingerprint density at radius 2 is 1.86 bits per heavy atom. The van der Waals surface area contributed by atoms with E-state index in [1.54, 1.807) is 27.0 Å². The van der Waals surface area contributed by atoms with Crippen LogP contribution in [-0.4, -0.2) is 12.0 Å². The number of hydrogen-bond acceptors (Lipinski definition) is 3. The van der Waals surface area contributed by atoms with E-state index in [4.69, 9.17) is 4.74 Å². The molecule has 1 aromatic rings. The van der Waals surface area contributed by atoms with Crippen LogP contribution in [-0.2, 0) is 0 Å². The topological polar surface area (TPSA) is 52.4 Å². The maximum atomic E-state index is 10.7. The van der Waals surface area contributed by atoms with E-state index < -0.39 is 0 Å². The van der Waals surface area contributed by atoms with Crippen molar-refractivity contribution in [3.8, 4) is 5.75 Å². The molecule has 0 aliphatic heterocycles. The molecule has 0 aliphatic rings. The third-order valence-electron chi connectivity index (χ3n) is 2.40. The summed E-state index contributed by atoms with van der Waals surface area (Å²) in [6, 6.07) is 1.54. The summed E-state index contributed by atoms with van der Waals surface area (Å²) in [6.45, 7) is 5.36. The highest BCUT2D eigenvalue weighted by Crippen LogP contribution is 2.32. The molecule has 0 aliphatic carbocycles. The molecule has 0 saturated carbocycles. The third-order valence-corrected chi connectivity index (χ3v) is 2.40. The summed E-state index contributed by atoms with van der Waals surface area (Å²) >= 11 is 0. The molecule has 1 aromatic carbocycles. The van der Waals surface area contributed by atoms with Crippen molar-refractivity contribution in [3.05, 3.63) is 32.9 Å². The number of hydrogen-bond donors (Lipinski definition) is 0. The quantitative estimate of drug-likeness (QED) is 0.538. The fourth-order valence-corrected chi connectivity index (χ4v) is 1.54. The maximum Gasteiger partial charge on any atom is 0.273 e. The van der Waals surface area contributed by atoms with Crippen LogP contribution in [0.1, 0.15) is 16.7 Å². The van der Waals surface area contributed by atoms with Crippen LogP contribution in [0.15, 0.2) is 6.07 Å². The predicted octanol–water partition coefficient (Wildman–Crippen LogP) is 2.53. The van der Waals surface area contributed by atoms with E-state index in [0.29, 0.717) is 5.56 Å². The Morgan fingerprint density at radius 3 is 2.29 bits per heavy atom. The average molecular weight is 195 g/mol. The maximum absolute atomic E-state index is 10.7. The average Bonchev–Trinajstić information content (AvgIpc) is 2.12. The van der Waals surface area contributed by atoms with Crippen molar-refractivity contribution in [1.29, 1.82) is 0 Å². The van der Waals surface area contributed by atoms with Gasteiger partial charge in [0.2, 0.25) is 0 Å². The van der Waals surface area contributed by atoms with Crippen LogP contribution in [0.2, 0.25) is 0 Å². The van der Waals surface area contributed by atoms with E-state index >= 15 is 0 Å². The van der Waals surface area contributed by atoms with Crippen molar-refractivity contribution in [1.82, 2.24) is 0 Å². The Balaban J connectivity index is 3.47. The predicted molar refractivity (Wildman–Crippen MR) is 53.9 cm³/mol. The van der Waals surface area contributed by atoms with Gasteiger partial charge in [-0.2, -0.15) is 0 Å². The van der Waals surface area contributed by atoms with Crippen molar-refractivity contribution < 1.29 is 9.66 Å². The first-order valence-corrected chi connectivity index (χ1v) is 4.28. The van der Waals surface area contributed by atoms with Gasteiger partial charge < -0.3 is 4.74 Å². The van der Waals surface area contributed by atoms with E-state index in [1.807, 2.05) is 6.92 Å². The molecule has 76 valence electrons. The van der Waals surface area contributed by atoms with Crippen LogP contribution < -0.4 is 4.74 Å². The lowest BCUT2D eigenvalue weighted by Gasteiger charge is -2.10. The van der Waals surface area contributed by atoms with Crippen molar-refractivity contribution in [2.45, 2.75) is 20.8 Å².